The Bertz CT molecular complexity index is 369. The first kappa shape index (κ1) is 13.3. The molecular formula is C14H21NO4. The number of fused-ring (bicyclic) bond motifs is 4. The van der Waals surface area contributed by atoms with Gasteiger partial charge in [-0.1, -0.05) is 0 Å². The van der Waals surface area contributed by atoms with Crippen LogP contribution >= 0.6 is 0 Å². The highest BCUT2D eigenvalue weighted by Gasteiger charge is 2.51. The fourth-order valence-corrected chi connectivity index (χ4v) is 3.40. The summed E-state index contributed by atoms with van der Waals surface area (Å²) in [5, 5.41) is 8.90. The first-order valence-electron chi connectivity index (χ1n) is 7.10. The second kappa shape index (κ2) is 5.37. The average Bonchev–Trinajstić information content (AvgIpc) is 2.77. The molecule has 5 nitrogen and oxygen atoms in total. The quantitative estimate of drug-likeness (QED) is 0.777. The maximum Gasteiger partial charge on any atom is 0.183 e. The zero-order chi connectivity index (χ0) is 13.4. The third-order valence-corrected chi connectivity index (χ3v) is 4.35. The number of methoxy groups -OCH3 is 1. The van der Waals surface area contributed by atoms with E-state index in [0.29, 0.717) is 0 Å². The molecule has 0 spiro atoms. The molecule has 7 atom stereocenters. The summed E-state index contributed by atoms with van der Waals surface area (Å²) in [7, 11) is 1.65. The van der Waals surface area contributed by atoms with Crippen LogP contribution in [0.2, 0.25) is 0 Å². The Balaban J connectivity index is 1.63. The van der Waals surface area contributed by atoms with E-state index in [1.807, 2.05) is 6.92 Å². The van der Waals surface area contributed by atoms with Crippen molar-refractivity contribution in [2.24, 2.45) is 5.92 Å². The summed E-state index contributed by atoms with van der Waals surface area (Å²) in [5.41, 5.74) is 0. The second-order valence-electron chi connectivity index (χ2n) is 5.79. The molecule has 0 aromatic rings. The maximum absolute atomic E-state index is 8.90. The van der Waals surface area contributed by atoms with Gasteiger partial charge in [0.15, 0.2) is 6.29 Å². The summed E-state index contributed by atoms with van der Waals surface area (Å²) in [5.74, 6) is 0.0371. The summed E-state index contributed by atoms with van der Waals surface area (Å²) in [6, 6.07) is 2.27. The van der Waals surface area contributed by atoms with Gasteiger partial charge in [0.2, 0.25) is 0 Å². The molecule has 0 saturated carbocycles. The minimum absolute atomic E-state index is 0.000966. The summed E-state index contributed by atoms with van der Waals surface area (Å²) >= 11 is 0. The molecule has 5 heteroatoms. The van der Waals surface area contributed by atoms with E-state index >= 15 is 0 Å². The molecule has 0 amide bonds. The van der Waals surface area contributed by atoms with Crippen LogP contribution in [0.1, 0.15) is 32.6 Å². The van der Waals surface area contributed by atoms with Gasteiger partial charge in [0.1, 0.15) is 12.2 Å². The molecule has 1 unspecified atom stereocenters. The topological polar surface area (TPSA) is 60.7 Å². The number of hydrogen-bond acceptors (Lipinski definition) is 5. The summed E-state index contributed by atoms with van der Waals surface area (Å²) in [4.78, 5) is 0. The van der Waals surface area contributed by atoms with Crippen molar-refractivity contribution < 1.29 is 18.9 Å². The van der Waals surface area contributed by atoms with Crippen molar-refractivity contribution in [2.45, 2.75) is 69.4 Å². The van der Waals surface area contributed by atoms with E-state index < -0.39 is 0 Å². The van der Waals surface area contributed by atoms with Crippen molar-refractivity contribution in [2.75, 3.05) is 7.11 Å². The minimum Gasteiger partial charge on any atom is -0.370 e. The number of rotatable bonds is 3. The van der Waals surface area contributed by atoms with Gasteiger partial charge in [0.05, 0.1) is 24.4 Å². The van der Waals surface area contributed by atoms with Crippen molar-refractivity contribution in [3.63, 3.8) is 0 Å². The SMILES string of the molecule is CO[C@@H]1OC2C[C@H]1O[C@H]1CC[C@H](C[C@@H](C)C#N)O[C@@H]21. The molecular weight excluding hydrogens is 246 g/mol. The van der Waals surface area contributed by atoms with Crippen LogP contribution in [0, 0.1) is 17.2 Å². The van der Waals surface area contributed by atoms with Gasteiger partial charge in [-0.05, 0) is 26.2 Å². The largest absolute Gasteiger partial charge is 0.370 e. The number of hydrogen-bond donors (Lipinski definition) is 0. The summed E-state index contributed by atoms with van der Waals surface area (Å²) < 4.78 is 23.3. The molecule has 0 aromatic heterocycles. The molecule has 3 fully saturated rings. The van der Waals surface area contributed by atoms with E-state index in [-0.39, 0.29) is 42.7 Å². The average molecular weight is 267 g/mol. The van der Waals surface area contributed by atoms with Gasteiger partial charge < -0.3 is 18.9 Å². The van der Waals surface area contributed by atoms with E-state index in [1.165, 1.54) is 0 Å². The standard InChI is InChI=1S/C14H21NO4/c1-8(7-15)5-9-3-4-10-13(17-9)11-6-12(18-10)14(16-2)19-11/h8-14H,3-6H2,1-2H3/t8-,9-,10+,11?,12-,13-,14-/m1/s1. The molecule has 3 saturated heterocycles. The van der Waals surface area contributed by atoms with Crippen LogP contribution < -0.4 is 0 Å². The smallest absolute Gasteiger partial charge is 0.183 e. The number of nitrogens with zero attached hydrogens (tertiary/aromatic N) is 1. The van der Waals surface area contributed by atoms with Crippen LogP contribution in [-0.2, 0) is 18.9 Å². The van der Waals surface area contributed by atoms with Crippen LogP contribution in [0.4, 0.5) is 0 Å². The van der Waals surface area contributed by atoms with Crippen LogP contribution in [0.5, 0.6) is 0 Å². The lowest BCUT2D eigenvalue weighted by molar-refractivity contribution is -0.194. The lowest BCUT2D eigenvalue weighted by atomic mass is 9.90. The molecule has 0 aromatic carbocycles. The van der Waals surface area contributed by atoms with E-state index in [4.69, 9.17) is 24.2 Å². The molecule has 3 heterocycles. The lowest BCUT2D eigenvalue weighted by Gasteiger charge is -2.41. The molecule has 0 N–H and O–H groups in total. The van der Waals surface area contributed by atoms with Crippen molar-refractivity contribution in [3.05, 3.63) is 0 Å². The molecule has 3 aliphatic heterocycles. The predicted octanol–water partition coefficient (Wildman–Crippen LogP) is 1.61. The van der Waals surface area contributed by atoms with Crippen LogP contribution in [0.3, 0.4) is 0 Å². The monoisotopic (exact) mass is 267 g/mol. The third kappa shape index (κ3) is 2.50. The van der Waals surface area contributed by atoms with Crippen molar-refractivity contribution >= 4 is 0 Å². The third-order valence-electron chi connectivity index (χ3n) is 4.35. The normalized spacial score (nSPS) is 46.4. The zero-order valence-corrected chi connectivity index (χ0v) is 11.5. The Morgan fingerprint density at radius 1 is 1.21 bits per heavy atom. The Kier molecular flexibility index (Phi) is 3.77. The van der Waals surface area contributed by atoms with Gasteiger partial charge in [0, 0.05) is 19.4 Å². The highest BCUT2D eigenvalue weighted by atomic mass is 16.7. The van der Waals surface area contributed by atoms with Crippen molar-refractivity contribution in [3.8, 4) is 6.07 Å². The van der Waals surface area contributed by atoms with Gasteiger partial charge in [0.25, 0.3) is 0 Å². The van der Waals surface area contributed by atoms with E-state index in [1.54, 1.807) is 7.11 Å². The van der Waals surface area contributed by atoms with Gasteiger partial charge in [-0.25, -0.2) is 0 Å². The molecule has 19 heavy (non-hydrogen) atoms. The molecule has 106 valence electrons. The molecule has 0 radical (unpaired) electrons. The summed E-state index contributed by atoms with van der Waals surface area (Å²) in [6.07, 6.45) is 3.74. The van der Waals surface area contributed by atoms with E-state index in [0.717, 1.165) is 25.7 Å². The highest BCUT2D eigenvalue weighted by molar-refractivity contribution is 4.97. The number of nitriles is 1. The van der Waals surface area contributed by atoms with Gasteiger partial charge in [-0.15, -0.1) is 0 Å². The van der Waals surface area contributed by atoms with Crippen LogP contribution in [0.15, 0.2) is 0 Å². The van der Waals surface area contributed by atoms with Crippen molar-refractivity contribution in [1.82, 2.24) is 0 Å². The highest BCUT2D eigenvalue weighted by Crippen LogP contribution is 2.40. The first-order chi connectivity index (χ1) is 9.21. The van der Waals surface area contributed by atoms with Gasteiger partial charge in [-0.3, -0.25) is 0 Å². The molecule has 3 aliphatic rings. The van der Waals surface area contributed by atoms with Gasteiger partial charge in [-0.2, -0.15) is 5.26 Å². The fourth-order valence-electron chi connectivity index (χ4n) is 3.40. The molecule has 2 bridgehead atoms. The van der Waals surface area contributed by atoms with Crippen molar-refractivity contribution in [1.29, 1.82) is 5.26 Å². The predicted molar refractivity (Wildman–Crippen MR) is 66.2 cm³/mol. The first-order valence-corrected chi connectivity index (χ1v) is 7.10. The van der Waals surface area contributed by atoms with Gasteiger partial charge >= 0.3 is 0 Å². The summed E-state index contributed by atoms with van der Waals surface area (Å²) in [6.45, 7) is 1.94. The Hall–Kier alpha value is -0.670. The minimum atomic E-state index is -0.254. The molecule has 0 aliphatic carbocycles. The van der Waals surface area contributed by atoms with E-state index in [9.17, 15) is 0 Å². The lowest BCUT2D eigenvalue weighted by Crippen LogP contribution is -2.51. The fraction of sp³-hybridized carbons (Fsp3) is 0.929. The zero-order valence-electron chi connectivity index (χ0n) is 11.5. The second-order valence-corrected chi connectivity index (χ2v) is 5.79. The molecule has 3 rings (SSSR count). The number of ether oxygens (including phenoxy) is 4. The maximum atomic E-state index is 8.90. The van der Waals surface area contributed by atoms with E-state index in [2.05, 4.69) is 6.07 Å². The Morgan fingerprint density at radius 2 is 2.05 bits per heavy atom. The van der Waals surface area contributed by atoms with Crippen LogP contribution in [0.25, 0.3) is 0 Å². The van der Waals surface area contributed by atoms with Crippen LogP contribution in [-0.4, -0.2) is 43.9 Å². The Labute approximate surface area is 113 Å². The Morgan fingerprint density at radius 3 is 2.79 bits per heavy atom.